The van der Waals surface area contributed by atoms with Crippen LogP contribution in [0.5, 0.6) is 0 Å². The van der Waals surface area contributed by atoms with Gasteiger partial charge in [-0.2, -0.15) is 5.10 Å². The summed E-state index contributed by atoms with van der Waals surface area (Å²) in [6.07, 6.45) is 6.15. The number of aryl methyl sites for hydroxylation is 1. The minimum atomic E-state index is 0.666. The Morgan fingerprint density at radius 1 is 1.00 bits per heavy atom. The van der Waals surface area contributed by atoms with Crippen molar-refractivity contribution in [3.05, 3.63) is 89.9 Å². The predicted molar refractivity (Wildman–Crippen MR) is 112 cm³/mol. The van der Waals surface area contributed by atoms with Crippen LogP contribution in [0.3, 0.4) is 0 Å². The molecule has 144 valence electrons. The van der Waals surface area contributed by atoms with Gasteiger partial charge >= 0.3 is 0 Å². The smallest absolute Gasteiger partial charge is 0.158 e. The van der Waals surface area contributed by atoms with E-state index < -0.39 is 0 Å². The summed E-state index contributed by atoms with van der Waals surface area (Å²) in [7, 11) is 0. The number of rotatable bonds is 5. The number of fused-ring (bicyclic) bond motifs is 1. The number of para-hydroxylation sites is 1. The van der Waals surface area contributed by atoms with Crippen LogP contribution in [0.2, 0.25) is 0 Å². The monoisotopic (exact) mass is 383 g/mol. The molecule has 0 radical (unpaired) electrons. The zero-order valence-corrected chi connectivity index (χ0v) is 16.2. The molecule has 0 bridgehead atoms. The van der Waals surface area contributed by atoms with Crippen LogP contribution in [-0.4, -0.2) is 31.8 Å². The quantitative estimate of drug-likeness (QED) is 0.568. The van der Waals surface area contributed by atoms with Crippen molar-refractivity contribution < 1.29 is 0 Å². The maximum absolute atomic E-state index is 4.81. The average Bonchev–Trinajstić information content (AvgIpc) is 3.33. The molecule has 4 aromatic rings. The normalized spacial score (nSPS) is 13.0. The van der Waals surface area contributed by atoms with E-state index in [4.69, 9.17) is 4.98 Å². The van der Waals surface area contributed by atoms with Gasteiger partial charge < -0.3 is 9.80 Å². The highest BCUT2D eigenvalue weighted by atomic mass is 15.4. The van der Waals surface area contributed by atoms with E-state index in [9.17, 15) is 0 Å². The molecule has 3 aromatic heterocycles. The molecule has 0 unspecified atom stereocenters. The second kappa shape index (κ2) is 7.35. The number of nitrogens with one attached hydrogen (secondary N) is 1. The van der Waals surface area contributed by atoms with E-state index in [1.165, 1.54) is 0 Å². The van der Waals surface area contributed by atoms with Crippen molar-refractivity contribution >= 4 is 17.2 Å². The Hall–Kier alpha value is -3.74. The molecular formula is C22H21N7. The Balaban J connectivity index is 1.39. The van der Waals surface area contributed by atoms with E-state index in [0.717, 1.165) is 46.6 Å². The number of H-pyrrole nitrogens is 1. The van der Waals surface area contributed by atoms with Gasteiger partial charge in [0, 0.05) is 30.2 Å². The molecule has 1 aliphatic heterocycles. The molecule has 1 aromatic carbocycles. The first-order chi connectivity index (χ1) is 14.3. The first-order valence-electron chi connectivity index (χ1n) is 9.59. The zero-order chi connectivity index (χ0) is 19.6. The van der Waals surface area contributed by atoms with Crippen LogP contribution in [0.1, 0.15) is 22.8 Å². The predicted octanol–water partition coefficient (Wildman–Crippen LogP) is 3.61. The molecule has 7 nitrogen and oxygen atoms in total. The second-order valence-corrected chi connectivity index (χ2v) is 7.17. The molecule has 0 amide bonds. The van der Waals surface area contributed by atoms with Crippen LogP contribution in [0.15, 0.2) is 67.1 Å². The highest BCUT2D eigenvalue weighted by Crippen LogP contribution is 2.38. The van der Waals surface area contributed by atoms with Crippen molar-refractivity contribution in [3.63, 3.8) is 0 Å². The third-order valence-corrected chi connectivity index (χ3v) is 4.95. The van der Waals surface area contributed by atoms with Gasteiger partial charge in [0.1, 0.15) is 0 Å². The van der Waals surface area contributed by atoms with E-state index in [1.807, 2.05) is 55.8 Å². The number of hydrogen-bond acceptors (Lipinski definition) is 6. The van der Waals surface area contributed by atoms with Crippen LogP contribution in [0.25, 0.3) is 0 Å². The van der Waals surface area contributed by atoms with Gasteiger partial charge in [-0.15, -0.1) is 0 Å². The molecule has 0 saturated carbocycles. The standard InChI is InChI=1S/C22H21N7/c1-16-10-17(27-26-16)11-18-12-23-13-19(25-18)14-28-15-29(20-6-3-2-4-7-20)22-21(28)8-5-9-24-22/h2-10,12-13H,11,14-15H2,1H3,(H,26,27). The summed E-state index contributed by atoms with van der Waals surface area (Å²) in [5.74, 6) is 0.967. The van der Waals surface area contributed by atoms with E-state index in [0.29, 0.717) is 13.0 Å². The number of benzene rings is 1. The fraction of sp³-hybridized carbons (Fsp3) is 0.182. The lowest BCUT2D eigenvalue weighted by Crippen LogP contribution is -2.28. The van der Waals surface area contributed by atoms with Gasteiger partial charge in [0.2, 0.25) is 0 Å². The van der Waals surface area contributed by atoms with Crippen LogP contribution in [0.4, 0.5) is 17.2 Å². The minimum Gasteiger partial charge on any atom is -0.344 e. The van der Waals surface area contributed by atoms with Gasteiger partial charge in [-0.05, 0) is 37.3 Å². The highest BCUT2D eigenvalue weighted by Gasteiger charge is 2.28. The number of pyridine rings is 1. The lowest BCUT2D eigenvalue weighted by atomic mass is 10.2. The van der Waals surface area contributed by atoms with Crippen LogP contribution in [0, 0.1) is 6.92 Å². The number of anilines is 3. The molecule has 5 rings (SSSR count). The third kappa shape index (κ3) is 3.54. The van der Waals surface area contributed by atoms with Gasteiger partial charge in [0.05, 0.1) is 42.2 Å². The van der Waals surface area contributed by atoms with E-state index >= 15 is 0 Å². The Labute approximate surface area is 169 Å². The van der Waals surface area contributed by atoms with Gasteiger partial charge in [0.25, 0.3) is 0 Å². The molecular weight excluding hydrogens is 362 g/mol. The molecule has 0 atom stereocenters. The Kier molecular flexibility index (Phi) is 4.40. The molecule has 1 aliphatic rings. The van der Waals surface area contributed by atoms with Crippen molar-refractivity contribution in [2.24, 2.45) is 0 Å². The summed E-state index contributed by atoms with van der Waals surface area (Å²) in [6.45, 7) is 3.39. The Morgan fingerprint density at radius 2 is 1.86 bits per heavy atom. The number of aromatic nitrogens is 5. The second-order valence-electron chi connectivity index (χ2n) is 7.17. The summed E-state index contributed by atoms with van der Waals surface area (Å²) in [6, 6.07) is 16.5. The van der Waals surface area contributed by atoms with Crippen LogP contribution >= 0.6 is 0 Å². The lowest BCUT2D eigenvalue weighted by Gasteiger charge is -2.21. The van der Waals surface area contributed by atoms with Crippen molar-refractivity contribution in [1.29, 1.82) is 0 Å². The lowest BCUT2D eigenvalue weighted by molar-refractivity contribution is 0.795. The molecule has 0 saturated heterocycles. The molecule has 4 heterocycles. The average molecular weight is 383 g/mol. The number of nitrogens with zero attached hydrogens (tertiary/aromatic N) is 6. The first-order valence-corrected chi connectivity index (χ1v) is 9.59. The first kappa shape index (κ1) is 17.4. The fourth-order valence-electron chi connectivity index (χ4n) is 3.66. The zero-order valence-electron chi connectivity index (χ0n) is 16.2. The van der Waals surface area contributed by atoms with E-state index in [-0.39, 0.29) is 0 Å². The summed E-state index contributed by atoms with van der Waals surface area (Å²) < 4.78 is 0. The van der Waals surface area contributed by atoms with Crippen molar-refractivity contribution in [3.8, 4) is 0 Å². The van der Waals surface area contributed by atoms with Crippen molar-refractivity contribution in [2.75, 3.05) is 16.5 Å². The van der Waals surface area contributed by atoms with Crippen molar-refractivity contribution in [2.45, 2.75) is 19.9 Å². The molecule has 0 fully saturated rings. The van der Waals surface area contributed by atoms with E-state index in [1.54, 1.807) is 0 Å². The highest BCUT2D eigenvalue weighted by molar-refractivity contribution is 5.78. The van der Waals surface area contributed by atoms with Crippen LogP contribution < -0.4 is 9.80 Å². The molecule has 0 aliphatic carbocycles. The molecule has 7 heteroatoms. The minimum absolute atomic E-state index is 0.666. The molecule has 1 N–H and O–H groups in total. The SMILES string of the molecule is Cc1cc(Cc2cncc(CN3CN(c4ccccc4)c4ncccc43)n2)n[nH]1. The largest absolute Gasteiger partial charge is 0.344 e. The molecule has 29 heavy (non-hydrogen) atoms. The maximum Gasteiger partial charge on any atom is 0.158 e. The fourth-order valence-corrected chi connectivity index (χ4v) is 3.66. The topological polar surface area (TPSA) is 73.8 Å². The summed E-state index contributed by atoms with van der Waals surface area (Å²) in [5, 5.41) is 7.27. The summed E-state index contributed by atoms with van der Waals surface area (Å²) in [5.41, 5.74) is 6.10. The number of aromatic amines is 1. The third-order valence-electron chi connectivity index (χ3n) is 4.95. The van der Waals surface area contributed by atoms with E-state index in [2.05, 4.69) is 48.2 Å². The molecule has 0 spiro atoms. The van der Waals surface area contributed by atoms with Crippen LogP contribution in [-0.2, 0) is 13.0 Å². The summed E-state index contributed by atoms with van der Waals surface area (Å²) in [4.78, 5) is 18.3. The maximum atomic E-state index is 4.81. The van der Waals surface area contributed by atoms with Gasteiger partial charge in [0.15, 0.2) is 5.82 Å². The Morgan fingerprint density at radius 3 is 2.69 bits per heavy atom. The van der Waals surface area contributed by atoms with Gasteiger partial charge in [-0.1, -0.05) is 18.2 Å². The van der Waals surface area contributed by atoms with Gasteiger partial charge in [-0.25, -0.2) is 4.98 Å². The Bertz CT molecular complexity index is 1120. The van der Waals surface area contributed by atoms with Gasteiger partial charge in [-0.3, -0.25) is 15.1 Å². The van der Waals surface area contributed by atoms with Crippen molar-refractivity contribution in [1.82, 2.24) is 25.1 Å². The summed E-state index contributed by atoms with van der Waals surface area (Å²) >= 11 is 0. The number of hydrogen-bond donors (Lipinski definition) is 1.